The molecule has 0 unspecified atom stereocenters. The van der Waals surface area contributed by atoms with Gasteiger partial charge in [0.25, 0.3) is 5.69 Å². The van der Waals surface area contributed by atoms with Gasteiger partial charge in [0.05, 0.1) is 25.7 Å². The van der Waals surface area contributed by atoms with Gasteiger partial charge in [0.1, 0.15) is 0 Å². The number of hydrogen-bond donors (Lipinski definition) is 0. The van der Waals surface area contributed by atoms with E-state index < -0.39 is 14.9 Å². The predicted molar refractivity (Wildman–Crippen MR) is 111 cm³/mol. The summed E-state index contributed by atoms with van der Waals surface area (Å²) in [5, 5.41) is 12.3. The quantitative estimate of drug-likeness (QED) is 0.449. The molecule has 0 N–H and O–H groups in total. The van der Waals surface area contributed by atoms with Crippen molar-refractivity contribution >= 4 is 38.5 Å². The Morgan fingerprint density at radius 1 is 1.10 bits per heavy atom. The molecule has 0 spiro atoms. The average molecular weight is 433 g/mol. The highest BCUT2D eigenvalue weighted by Gasteiger charge is 2.29. The SMILES string of the molecule is Cn1c(Sc2ccc(S(=O)(=O)N3CCCCC3)cc2[N+](=O)[O-])nc2ccccc21. The number of hydrogen-bond acceptors (Lipinski definition) is 6. The number of sulfonamides is 1. The molecule has 0 saturated carbocycles. The minimum absolute atomic E-state index is 0.0412. The van der Waals surface area contributed by atoms with Gasteiger partial charge in [-0.15, -0.1) is 0 Å². The number of imidazole rings is 1. The van der Waals surface area contributed by atoms with Crippen LogP contribution in [0.5, 0.6) is 0 Å². The molecule has 0 atom stereocenters. The van der Waals surface area contributed by atoms with Gasteiger partial charge in [0.2, 0.25) is 10.0 Å². The van der Waals surface area contributed by atoms with Gasteiger partial charge in [0, 0.05) is 26.2 Å². The number of nitrogens with zero attached hydrogens (tertiary/aromatic N) is 4. The Labute approximate surface area is 172 Å². The summed E-state index contributed by atoms with van der Waals surface area (Å²) >= 11 is 1.15. The summed E-state index contributed by atoms with van der Waals surface area (Å²) in [6, 6.07) is 11.7. The van der Waals surface area contributed by atoms with E-state index in [-0.39, 0.29) is 10.6 Å². The minimum atomic E-state index is -3.74. The van der Waals surface area contributed by atoms with Crippen molar-refractivity contribution in [1.29, 1.82) is 0 Å². The molecule has 2 aromatic carbocycles. The first-order valence-corrected chi connectivity index (χ1v) is 11.5. The van der Waals surface area contributed by atoms with Crippen molar-refractivity contribution in [3.63, 3.8) is 0 Å². The highest BCUT2D eigenvalue weighted by molar-refractivity contribution is 7.99. The number of rotatable bonds is 5. The van der Waals surface area contributed by atoms with E-state index >= 15 is 0 Å². The van der Waals surface area contributed by atoms with Gasteiger partial charge in [-0.3, -0.25) is 10.1 Å². The molecule has 29 heavy (non-hydrogen) atoms. The number of para-hydroxylation sites is 2. The van der Waals surface area contributed by atoms with E-state index in [0.717, 1.165) is 48.1 Å². The standard InChI is InChI=1S/C19H20N4O4S2/c1-21-16-8-4-3-7-15(16)20-19(21)28-18-10-9-14(13-17(18)23(24)25)29(26,27)22-11-5-2-6-12-22/h3-4,7-10,13H,2,5-6,11-12H2,1H3. The van der Waals surface area contributed by atoms with Crippen LogP contribution in [0.1, 0.15) is 19.3 Å². The first kappa shape index (κ1) is 19.9. The first-order chi connectivity index (χ1) is 13.9. The molecule has 0 radical (unpaired) electrons. The molecule has 0 bridgehead atoms. The third-order valence-corrected chi connectivity index (χ3v) is 8.03. The molecule has 0 aliphatic carbocycles. The number of aromatic nitrogens is 2. The van der Waals surface area contributed by atoms with Crippen LogP contribution >= 0.6 is 11.8 Å². The molecule has 1 saturated heterocycles. The smallest absolute Gasteiger partial charge is 0.284 e. The van der Waals surface area contributed by atoms with Crippen LogP contribution in [0.2, 0.25) is 0 Å². The molecule has 4 rings (SSSR count). The van der Waals surface area contributed by atoms with Crippen LogP contribution in [0.4, 0.5) is 5.69 Å². The number of nitro groups is 1. The van der Waals surface area contributed by atoms with Crippen molar-refractivity contribution < 1.29 is 13.3 Å². The Morgan fingerprint density at radius 2 is 1.83 bits per heavy atom. The number of nitro benzene ring substituents is 1. The van der Waals surface area contributed by atoms with E-state index in [4.69, 9.17) is 0 Å². The maximum Gasteiger partial charge on any atom is 0.284 e. The van der Waals surface area contributed by atoms with E-state index in [9.17, 15) is 18.5 Å². The average Bonchev–Trinajstić information content (AvgIpc) is 3.04. The topological polar surface area (TPSA) is 98.3 Å². The number of aryl methyl sites for hydroxylation is 1. The van der Waals surface area contributed by atoms with Crippen molar-refractivity contribution in [2.24, 2.45) is 7.05 Å². The Balaban J connectivity index is 1.71. The summed E-state index contributed by atoms with van der Waals surface area (Å²) in [4.78, 5) is 16.0. The third-order valence-electron chi connectivity index (χ3n) is 5.03. The van der Waals surface area contributed by atoms with E-state index in [1.807, 2.05) is 35.9 Å². The maximum absolute atomic E-state index is 12.9. The minimum Gasteiger partial charge on any atom is -0.322 e. The Hall–Kier alpha value is -2.43. The maximum atomic E-state index is 12.9. The van der Waals surface area contributed by atoms with Crippen LogP contribution in [0.25, 0.3) is 11.0 Å². The zero-order chi connectivity index (χ0) is 20.6. The van der Waals surface area contributed by atoms with Gasteiger partial charge in [-0.1, -0.05) is 18.6 Å². The first-order valence-electron chi connectivity index (χ1n) is 9.26. The predicted octanol–water partition coefficient (Wildman–Crippen LogP) is 3.81. The second-order valence-electron chi connectivity index (χ2n) is 6.90. The van der Waals surface area contributed by atoms with Gasteiger partial charge in [-0.2, -0.15) is 4.31 Å². The fraction of sp³-hybridized carbons (Fsp3) is 0.316. The molecule has 2 heterocycles. The molecular weight excluding hydrogens is 412 g/mol. The number of benzene rings is 2. The van der Waals surface area contributed by atoms with Gasteiger partial charge < -0.3 is 4.57 Å². The van der Waals surface area contributed by atoms with Gasteiger partial charge >= 0.3 is 0 Å². The Morgan fingerprint density at radius 3 is 2.52 bits per heavy atom. The van der Waals surface area contributed by atoms with Crippen LogP contribution in [0.15, 0.2) is 57.4 Å². The van der Waals surface area contributed by atoms with Gasteiger partial charge in [-0.05, 0) is 48.9 Å². The second-order valence-corrected chi connectivity index (χ2v) is 9.84. The highest BCUT2D eigenvalue weighted by atomic mass is 32.2. The Kier molecular flexibility index (Phi) is 5.32. The lowest BCUT2D eigenvalue weighted by Gasteiger charge is -2.25. The normalized spacial score (nSPS) is 15.6. The summed E-state index contributed by atoms with van der Waals surface area (Å²) in [5.74, 6) is 0. The monoisotopic (exact) mass is 432 g/mol. The fourth-order valence-corrected chi connectivity index (χ4v) is 5.94. The van der Waals surface area contributed by atoms with Crippen molar-refractivity contribution in [3.05, 3.63) is 52.6 Å². The molecule has 152 valence electrons. The van der Waals surface area contributed by atoms with Crippen molar-refractivity contribution in [2.45, 2.75) is 34.2 Å². The summed E-state index contributed by atoms with van der Waals surface area (Å²) < 4.78 is 29.0. The van der Waals surface area contributed by atoms with Gasteiger partial charge in [0.15, 0.2) is 5.16 Å². The molecule has 1 aliphatic heterocycles. The van der Waals surface area contributed by atoms with Crippen LogP contribution < -0.4 is 0 Å². The summed E-state index contributed by atoms with van der Waals surface area (Å²) in [6.45, 7) is 0.902. The fourth-order valence-electron chi connectivity index (χ4n) is 3.45. The van der Waals surface area contributed by atoms with Crippen molar-refractivity contribution in [1.82, 2.24) is 13.9 Å². The lowest BCUT2D eigenvalue weighted by atomic mass is 10.2. The molecule has 1 fully saturated rings. The summed E-state index contributed by atoms with van der Waals surface area (Å²) in [5.41, 5.74) is 1.48. The van der Waals surface area contributed by atoms with Gasteiger partial charge in [-0.25, -0.2) is 13.4 Å². The second kappa shape index (κ2) is 7.77. The highest BCUT2D eigenvalue weighted by Crippen LogP contribution is 2.37. The third kappa shape index (κ3) is 3.75. The molecule has 3 aromatic rings. The lowest BCUT2D eigenvalue weighted by Crippen LogP contribution is -2.35. The molecule has 1 aliphatic rings. The largest absolute Gasteiger partial charge is 0.322 e. The van der Waals surface area contributed by atoms with Crippen LogP contribution in [-0.4, -0.2) is 40.3 Å². The van der Waals surface area contributed by atoms with E-state index in [2.05, 4.69) is 4.98 Å². The van der Waals surface area contributed by atoms with Crippen LogP contribution in [0.3, 0.4) is 0 Å². The molecule has 8 nitrogen and oxygen atoms in total. The number of fused-ring (bicyclic) bond motifs is 1. The van der Waals surface area contributed by atoms with E-state index in [1.54, 1.807) is 0 Å². The molecule has 1 aromatic heterocycles. The van der Waals surface area contributed by atoms with Crippen molar-refractivity contribution in [3.8, 4) is 0 Å². The lowest BCUT2D eigenvalue weighted by molar-refractivity contribution is -0.388. The number of piperidine rings is 1. The molecular formula is C19H20N4O4S2. The molecule has 0 amide bonds. The zero-order valence-electron chi connectivity index (χ0n) is 15.8. The van der Waals surface area contributed by atoms with E-state index in [0.29, 0.717) is 23.1 Å². The molecule has 10 heteroatoms. The van der Waals surface area contributed by atoms with Crippen molar-refractivity contribution in [2.75, 3.05) is 13.1 Å². The summed E-state index contributed by atoms with van der Waals surface area (Å²) in [7, 11) is -1.89. The summed E-state index contributed by atoms with van der Waals surface area (Å²) in [6.07, 6.45) is 2.61. The van der Waals surface area contributed by atoms with Crippen LogP contribution in [0, 0.1) is 10.1 Å². The van der Waals surface area contributed by atoms with Crippen LogP contribution in [-0.2, 0) is 17.1 Å². The van der Waals surface area contributed by atoms with E-state index in [1.165, 1.54) is 16.4 Å². The Bertz CT molecular complexity index is 1180. The zero-order valence-corrected chi connectivity index (χ0v) is 17.4.